The monoisotopic (exact) mass is 412 g/mol. The summed E-state index contributed by atoms with van der Waals surface area (Å²) in [6.07, 6.45) is 1.75. The van der Waals surface area contributed by atoms with E-state index >= 15 is 0 Å². The predicted octanol–water partition coefficient (Wildman–Crippen LogP) is 5.21. The summed E-state index contributed by atoms with van der Waals surface area (Å²) in [6.45, 7) is 6.98. The molecule has 0 saturated heterocycles. The van der Waals surface area contributed by atoms with Crippen molar-refractivity contribution >= 4 is 31.9 Å². The second-order valence-corrected chi connectivity index (χ2v) is 6.96. The van der Waals surface area contributed by atoms with E-state index in [1.54, 1.807) is 6.20 Å². The van der Waals surface area contributed by atoms with Gasteiger partial charge < -0.3 is 10.1 Å². The van der Waals surface area contributed by atoms with Crippen LogP contribution in [0, 0.1) is 6.92 Å². The normalized spacial score (nSPS) is 11.0. The van der Waals surface area contributed by atoms with E-state index in [2.05, 4.69) is 56.0 Å². The Bertz CT molecular complexity index is 630. The summed E-state index contributed by atoms with van der Waals surface area (Å²) in [4.78, 5) is 4.39. The molecule has 0 aliphatic carbocycles. The molecule has 1 aromatic carbocycles. The highest BCUT2D eigenvalue weighted by Gasteiger charge is 2.10. The van der Waals surface area contributed by atoms with Gasteiger partial charge in [0.2, 0.25) is 5.88 Å². The quantitative estimate of drug-likeness (QED) is 0.730. The molecule has 2 rings (SSSR count). The first-order chi connectivity index (χ1) is 9.95. The Labute approximate surface area is 142 Å². The smallest absolute Gasteiger partial charge is 0.223 e. The average Bonchev–Trinajstić information content (AvgIpc) is 2.41. The zero-order valence-corrected chi connectivity index (χ0v) is 15.5. The first-order valence-corrected chi connectivity index (χ1v) is 8.36. The zero-order chi connectivity index (χ0) is 15.4. The summed E-state index contributed by atoms with van der Waals surface area (Å²) in [7, 11) is 0. The standard InChI is InChI=1S/C16H18Br2N2O/c1-10(2)19-8-12-7-13(17)9-20-16(12)21-15-5-4-11(3)6-14(15)18/h4-7,9-10,19H,8H2,1-3H3. The van der Waals surface area contributed by atoms with Crippen LogP contribution in [0.1, 0.15) is 25.0 Å². The number of rotatable bonds is 5. The molecule has 2 aromatic rings. The third kappa shape index (κ3) is 4.80. The van der Waals surface area contributed by atoms with Gasteiger partial charge in [-0.05, 0) is 62.5 Å². The van der Waals surface area contributed by atoms with Gasteiger partial charge in [0.15, 0.2) is 0 Å². The Morgan fingerprint density at radius 2 is 2.00 bits per heavy atom. The summed E-state index contributed by atoms with van der Waals surface area (Å²) < 4.78 is 7.83. The lowest BCUT2D eigenvalue weighted by atomic mass is 10.2. The molecular formula is C16H18Br2N2O. The average molecular weight is 414 g/mol. The van der Waals surface area contributed by atoms with Crippen LogP contribution in [0.2, 0.25) is 0 Å². The molecule has 0 atom stereocenters. The van der Waals surface area contributed by atoms with Crippen LogP contribution in [0.3, 0.4) is 0 Å². The molecule has 0 radical (unpaired) electrons. The van der Waals surface area contributed by atoms with E-state index in [1.165, 1.54) is 5.56 Å². The van der Waals surface area contributed by atoms with Gasteiger partial charge in [-0.1, -0.05) is 19.9 Å². The van der Waals surface area contributed by atoms with Crippen molar-refractivity contribution in [2.24, 2.45) is 0 Å². The fraction of sp³-hybridized carbons (Fsp3) is 0.312. The molecular weight excluding hydrogens is 396 g/mol. The van der Waals surface area contributed by atoms with Gasteiger partial charge in [0, 0.05) is 28.8 Å². The summed E-state index contributed by atoms with van der Waals surface area (Å²) >= 11 is 6.99. The van der Waals surface area contributed by atoms with Gasteiger partial charge in [0.1, 0.15) is 5.75 Å². The van der Waals surface area contributed by atoms with Gasteiger partial charge in [-0.25, -0.2) is 4.98 Å². The Kier molecular flexibility index (Phi) is 5.79. The molecule has 0 unspecified atom stereocenters. The fourth-order valence-corrected chi connectivity index (χ4v) is 2.75. The van der Waals surface area contributed by atoms with Crippen LogP contribution in [0.4, 0.5) is 0 Å². The summed E-state index contributed by atoms with van der Waals surface area (Å²) in [5.41, 5.74) is 2.20. The maximum absolute atomic E-state index is 5.96. The van der Waals surface area contributed by atoms with Crippen molar-refractivity contribution in [3.05, 3.63) is 50.5 Å². The lowest BCUT2D eigenvalue weighted by molar-refractivity contribution is 0.447. The second kappa shape index (κ2) is 7.38. The Morgan fingerprint density at radius 1 is 1.24 bits per heavy atom. The zero-order valence-electron chi connectivity index (χ0n) is 12.3. The lowest BCUT2D eigenvalue weighted by Gasteiger charge is -2.14. The number of nitrogens with zero attached hydrogens (tertiary/aromatic N) is 1. The minimum Gasteiger partial charge on any atom is -0.438 e. The van der Waals surface area contributed by atoms with E-state index < -0.39 is 0 Å². The van der Waals surface area contributed by atoms with Crippen molar-refractivity contribution in [1.29, 1.82) is 0 Å². The van der Waals surface area contributed by atoms with Gasteiger partial charge in [0.05, 0.1) is 4.47 Å². The molecule has 0 aliphatic rings. The molecule has 0 bridgehead atoms. The molecule has 0 aliphatic heterocycles. The molecule has 21 heavy (non-hydrogen) atoms. The van der Waals surface area contributed by atoms with Crippen molar-refractivity contribution < 1.29 is 4.74 Å². The number of halogens is 2. The highest BCUT2D eigenvalue weighted by atomic mass is 79.9. The first-order valence-electron chi connectivity index (χ1n) is 6.77. The Hall–Kier alpha value is -0.910. The van der Waals surface area contributed by atoms with Crippen LogP contribution < -0.4 is 10.1 Å². The maximum atomic E-state index is 5.96. The summed E-state index contributed by atoms with van der Waals surface area (Å²) in [6, 6.07) is 8.43. The Balaban J connectivity index is 2.26. The van der Waals surface area contributed by atoms with Crippen molar-refractivity contribution in [1.82, 2.24) is 10.3 Å². The number of benzene rings is 1. The SMILES string of the molecule is Cc1ccc(Oc2ncc(Br)cc2CNC(C)C)c(Br)c1. The van der Waals surface area contributed by atoms with E-state index in [0.717, 1.165) is 20.3 Å². The number of hydrogen-bond donors (Lipinski definition) is 1. The van der Waals surface area contributed by atoms with E-state index in [0.29, 0.717) is 18.5 Å². The number of ether oxygens (including phenoxy) is 1. The van der Waals surface area contributed by atoms with Crippen LogP contribution in [0.25, 0.3) is 0 Å². The highest BCUT2D eigenvalue weighted by Crippen LogP contribution is 2.31. The summed E-state index contributed by atoms with van der Waals surface area (Å²) in [5.74, 6) is 1.39. The van der Waals surface area contributed by atoms with Crippen molar-refractivity contribution in [3.63, 3.8) is 0 Å². The third-order valence-electron chi connectivity index (χ3n) is 2.89. The van der Waals surface area contributed by atoms with Crippen molar-refractivity contribution in [3.8, 4) is 11.6 Å². The van der Waals surface area contributed by atoms with Crippen LogP contribution in [-0.4, -0.2) is 11.0 Å². The van der Waals surface area contributed by atoms with E-state index in [4.69, 9.17) is 4.74 Å². The highest BCUT2D eigenvalue weighted by molar-refractivity contribution is 9.10. The van der Waals surface area contributed by atoms with Gasteiger partial charge in [-0.3, -0.25) is 0 Å². The van der Waals surface area contributed by atoms with Crippen LogP contribution in [0.5, 0.6) is 11.6 Å². The minimum atomic E-state index is 0.406. The molecule has 1 aromatic heterocycles. The van der Waals surface area contributed by atoms with Crippen LogP contribution >= 0.6 is 31.9 Å². The molecule has 1 heterocycles. The van der Waals surface area contributed by atoms with Gasteiger partial charge in [0.25, 0.3) is 0 Å². The van der Waals surface area contributed by atoms with Crippen LogP contribution in [0.15, 0.2) is 39.4 Å². The number of hydrogen-bond acceptors (Lipinski definition) is 3. The number of nitrogens with one attached hydrogen (secondary N) is 1. The van der Waals surface area contributed by atoms with E-state index in [-0.39, 0.29) is 0 Å². The number of aryl methyl sites for hydroxylation is 1. The van der Waals surface area contributed by atoms with Crippen molar-refractivity contribution in [2.75, 3.05) is 0 Å². The molecule has 112 valence electrons. The van der Waals surface area contributed by atoms with Gasteiger partial charge in [-0.2, -0.15) is 0 Å². The first kappa shape index (κ1) is 16.5. The maximum Gasteiger partial charge on any atom is 0.223 e. The number of aromatic nitrogens is 1. The third-order valence-corrected chi connectivity index (χ3v) is 3.94. The van der Waals surface area contributed by atoms with E-state index in [1.807, 2.05) is 31.2 Å². The largest absolute Gasteiger partial charge is 0.438 e. The van der Waals surface area contributed by atoms with Gasteiger partial charge in [-0.15, -0.1) is 0 Å². The molecule has 5 heteroatoms. The van der Waals surface area contributed by atoms with E-state index in [9.17, 15) is 0 Å². The molecule has 0 saturated carbocycles. The fourth-order valence-electron chi connectivity index (χ4n) is 1.79. The summed E-state index contributed by atoms with van der Waals surface area (Å²) in [5, 5.41) is 3.39. The second-order valence-electron chi connectivity index (χ2n) is 5.19. The van der Waals surface area contributed by atoms with Crippen molar-refractivity contribution in [2.45, 2.75) is 33.4 Å². The Morgan fingerprint density at radius 3 is 2.67 bits per heavy atom. The predicted molar refractivity (Wildman–Crippen MR) is 92.9 cm³/mol. The van der Waals surface area contributed by atoms with Crippen LogP contribution in [-0.2, 0) is 6.54 Å². The lowest BCUT2D eigenvalue weighted by Crippen LogP contribution is -2.22. The molecule has 0 amide bonds. The molecule has 0 spiro atoms. The minimum absolute atomic E-state index is 0.406. The number of pyridine rings is 1. The topological polar surface area (TPSA) is 34.1 Å². The van der Waals surface area contributed by atoms with Gasteiger partial charge >= 0.3 is 0 Å². The molecule has 1 N–H and O–H groups in total. The molecule has 0 fully saturated rings. The molecule has 3 nitrogen and oxygen atoms in total.